The lowest BCUT2D eigenvalue weighted by Crippen LogP contribution is -2.35. The van der Waals surface area contributed by atoms with E-state index in [-0.39, 0.29) is 12.3 Å². The molecule has 12 nitrogen and oxygen atoms in total. The molecule has 2 atom stereocenters. The molecule has 0 aliphatic carbocycles. The summed E-state index contributed by atoms with van der Waals surface area (Å²) in [5, 5.41) is 3.38. The first kappa shape index (κ1) is 49.1. The Morgan fingerprint density at radius 1 is 0.554 bits per heavy atom. The summed E-state index contributed by atoms with van der Waals surface area (Å²) in [5.74, 6) is 10.3. The van der Waals surface area contributed by atoms with Crippen LogP contribution in [-0.2, 0) is 32.0 Å². The smallest absolute Gasteiger partial charge is 0.167 e. The normalized spacial score (nSPS) is 14.5. The first-order valence-electron chi connectivity index (χ1n) is 24.6. The van der Waals surface area contributed by atoms with Crippen molar-refractivity contribution in [2.75, 3.05) is 46.9 Å². The molecule has 3 heterocycles. The number of nitrogens with zero attached hydrogens (tertiary/aromatic N) is 4. The van der Waals surface area contributed by atoms with Crippen molar-refractivity contribution in [2.24, 2.45) is 0 Å². The molecule has 0 saturated carbocycles. The van der Waals surface area contributed by atoms with Crippen LogP contribution in [0, 0.1) is 11.8 Å². The lowest BCUT2D eigenvalue weighted by Gasteiger charge is -2.37. The van der Waals surface area contributed by atoms with Crippen LogP contribution in [0.4, 0.5) is 5.82 Å². The maximum Gasteiger partial charge on any atom is 0.167 e. The Bertz CT molecular complexity index is 3230. The van der Waals surface area contributed by atoms with Gasteiger partial charge in [-0.25, -0.2) is 15.0 Å². The largest absolute Gasteiger partial charge is 0.497 e. The lowest BCUT2D eigenvalue weighted by atomic mass is 9.80. The first-order chi connectivity index (χ1) is 36.4. The molecule has 7 aromatic carbocycles. The predicted octanol–water partition coefficient (Wildman–Crippen LogP) is 11.5. The van der Waals surface area contributed by atoms with Crippen molar-refractivity contribution < 1.29 is 33.2 Å². The fourth-order valence-corrected chi connectivity index (χ4v) is 9.78. The topological polar surface area (TPSA) is 120 Å². The van der Waals surface area contributed by atoms with Crippen LogP contribution in [0.15, 0.2) is 195 Å². The Morgan fingerprint density at radius 3 is 1.57 bits per heavy atom. The highest BCUT2D eigenvalue weighted by atomic mass is 16.6. The summed E-state index contributed by atoms with van der Waals surface area (Å²) in [4.78, 5) is 14.0. The van der Waals surface area contributed by atoms with Crippen molar-refractivity contribution >= 4 is 17.0 Å². The average Bonchev–Trinajstić information content (AvgIpc) is 4.14. The molecule has 0 spiro atoms. The standard InChI is InChI=1S/C62H57N5O7/c1-68-52-28-20-48(21-29-52)61(46-16-7-5-8-17-46,49-22-30-53(69-2)31-23-49)72-40-45-14-11-13-44(39-45)15-12-38-63-59-58-60(65-42-64-59)67(43-66-58)57-37-36-56(74-57)41-73-62(47-18-9-6-10-19-47,50-24-32-54(70-3)33-25-50)51-26-34-55(71-4)35-27-51/h5-11,13-14,16-35,39,42-43,56-57H,36-38,40-41H2,1-4H3,(H,63,64,65)/t56-,57-/m1/s1. The maximum atomic E-state index is 7.18. The van der Waals surface area contributed by atoms with Crippen molar-refractivity contribution in [3.05, 3.63) is 239 Å². The fraction of sp³-hybridized carbons (Fsp3) is 0.210. The zero-order valence-electron chi connectivity index (χ0n) is 41.8. The van der Waals surface area contributed by atoms with Crippen molar-refractivity contribution in [1.82, 2.24) is 19.5 Å². The number of rotatable bonds is 19. The number of fused-ring (bicyclic) bond motifs is 1. The lowest BCUT2D eigenvalue weighted by molar-refractivity contribution is -0.0756. The van der Waals surface area contributed by atoms with Gasteiger partial charge in [-0.05, 0) is 112 Å². The number of benzene rings is 7. The first-order valence-corrected chi connectivity index (χ1v) is 24.6. The van der Waals surface area contributed by atoms with E-state index in [1.165, 1.54) is 0 Å². The highest BCUT2D eigenvalue weighted by molar-refractivity contribution is 5.82. The molecular weight excluding hydrogens is 927 g/mol. The molecule has 0 radical (unpaired) electrons. The number of methoxy groups -OCH3 is 4. The van der Waals surface area contributed by atoms with Crippen molar-refractivity contribution in [3.63, 3.8) is 0 Å². The van der Waals surface area contributed by atoms with E-state index in [1.807, 2.05) is 102 Å². The minimum atomic E-state index is -0.955. The predicted molar refractivity (Wildman–Crippen MR) is 286 cm³/mol. The second kappa shape index (κ2) is 22.5. The summed E-state index contributed by atoms with van der Waals surface area (Å²) >= 11 is 0. The van der Waals surface area contributed by atoms with Gasteiger partial charge in [0.15, 0.2) is 17.0 Å². The molecule has 0 amide bonds. The fourth-order valence-electron chi connectivity index (χ4n) is 9.78. The molecule has 2 aromatic heterocycles. The zero-order chi connectivity index (χ0) is 50.7. The highest BCUT2D eigenvalue weighted by Gasteiger charge is 2.41. The van der Waals surface area contributed by atoms with Gasteiger partial charge >= 0.3 is 0 Å². The van der Waals surface area contributed by atoms with Gasteiger partial charge in [0.05, 0.1) is 60.6 Å². The Kier molecular flexibility index (Phi) is 15.0. The quantitative estimate of drug-likeness (QED) is 0.0616. The number of nitrogens with one attached hydrogen (secondary N) is 1. The number of hydrogen-bond donors (Lipinski definition) is 1. The van der Waals surface area contributed by atoms with E-state index in [0.717, 1.165) is 80.3 Å². The van der Waals surface area contributed by atoms with Gasteiger partial charge in [0.25, 0.3) is 0 Å². The summed E-state index contributed by atoms with van der Waals surface area (Å²) in [7, 11) is 6.67. The Labute approximate surface area is 431 Å². The molecule has 1 aliphatic rings. The third kappa shape index (κ3) is 10.1. The SMILES string of the molecule is COc1ccc(C(OCc2cccc(C#CCNc3ncnc4c3ncn4[C@H]3CC[C@H](COC(c4ccccc4)(c4ccc(OC)cc4)c4ccc(OC)cc4)O3)c2)(c2ccccc2)c2ccc(OC)cc2)cc1. The molecule has 0 bridgehead atoms. The van der Waals surface area contributed by atoms with E-state index in [1.54, 1.807) is 41.1 Å². The molecule has 372 valence electrons. The van der Waals surface area contributed by atoms with E-state index in [2.05, 4.69) is 112 Å². The van der Waals surface area contributed by atoms with Crippen molar-refractivity contribution in [3.8, 4) is 34.8 Å². The van der Waals surface area contributed by atoms with Crippen molar-refractivity contribution in [2.45, 2.75) is 43.0 Å². The highest BCUT2D eigenvalue weighted by Crippen LogP contribution is 2.44. The number of anilines is 1. The minimum Gasteiger partial charge on any atom is -0.497 e. The number of aromatic nitrogens is 4. The Balaban J connectivity index is 0.829. The second-order valence-corrected chi connectivity index (χ2v) is 17.8. The summed E-state index contributed by atoms with van der Waals surface area (Å²) in [6.07, 6.45) is 4.34. The molecule has 12 heteroatoms. The van der Waals surface area contributed by atoms with E-state index in [0.29, 0.717) is 36.7 Å². The van der Waals surface area contributed by atoms with E-state index in [9.17, 15) is 0 Å². The van der Waals surface area contributed by atoms with Crippen LogP contribution >= 0.6 is 0 Å². The van der Waals surface area contributed by atoms with E-state index >= 15 is 0 Å². The van der Waals surface area contributed by atoms with Gasteiger partial charge in [0.1, 0.15) is 46.8 Å². The summed E-state index contributed by atoms with van der Waals surface area (Å²) in [6.45, 7) is 0.966. The zero-order valence-corrected chi connectivity index (χ0v) is 41.8. The molecule has 9 aromatic rings. The Morgan fingerprint density at radius 2 is 1.05 bits per heavy atom. The van der Waals surface area contributed by atoms with Crippen LogP contribution in [0.5, 0.6) is 23.0 Å². The van der Waals surface area contributed by atoms with Crippen LogP contribution in [-0.4, -0.2) is 67.2 Å². The second-order valence-electron chi connectivity index (χ2n) is 17.8. The van der Waals surface area contributed by atoms with Crippen LogP contribution in [0.2, 0.25) is 0 Å². The summed E-state index contributed by atoms with van der Waals surface area (Å²) in [5.41, 5.74) is 7.05. The molecule has 0 unspecified atom stereocenters. The number of imidazole rings is 1. The van der Waals surface area contributed by atoms with Gasteiger partial charge < -0.3 is 38.5 Å². The summed E-state index contributed by atoms with van der Waals surface area (Å²) in [6, 6.07) is 60.9. The van der Waals surface area contributed by atoms with Crippen LogP contribution in [0.1, 0.15) is 63.6 Å². The van der Waals surface area contributed by atoms with Gasteiger partial charge in [-0.15, -0.1) is 0 Å². The van der Waals surface area contributed by atoms with E-state index in [4.69, 9.17) is 38.1 Å². The van der Waals surface area contributed by atoms with Gasteiger partial charge in [-0.2, -0.15) is 0 Å². The van der Waals surface area contributed by atoms with Gasteiger partial charge in [0, 0.05) is 5.56 Å². The van der Waals surface area contributed by atoms with Gasteiger partial charge in [-0.1, -0.05) is 133 Å². The van der Waals surface area contributed by atoms with Gasteiger partial charge in [0.2, 0.25) is 0 Å². The minimum absolute atomic E-state index is 0.204. The Hall–Kier alpha value is -8.47. The molecule has 1 fully saturated rings. The third-order valence-corrected chi connectivity index (χ3v) is 13.5. The third-order valence-electron chi connectivity index (χ3n) is 13.5. The average molecular weight is 984 g/mol. The molecule has 1 saturated heterocycles. The van der Waals surface area contributed by atoms with Crippen molar-refractivity contribution in [1.29, 1.82) is 0 Å². The molecular formula is C62H57N5O7. The van der Waals surface area contributed by atoms with Crippen LogP contribution in [0.3, 0.4) is 0 Å². The number of ether oxygens (including phenoxy) is 7. The summed E-state index contributed by atoms with van der Waals surface area (Å²) < 4.78 is 45.2. The molecule has 74 heavy (non-hydrogen) atoms. The van der Waals surface area contributed by atoms with E-state index < -0.39 is 11.2 Å². The van der Waals surface area contributed by atoms with Crippen LogP contribution < -0.4 is 24.3 Å². The maximum absolute atomic E-state index is 7.18. The van der Waals surface area contributed by atoms with Gasteiger partial charge in [-0.3, -0.25) is 4.57 Å². The number of hydrogen-bond acceptors (Lipinski definition) is 11. The molecule has 1 aliphatic heterocycles. The monoisotopic (exact) mass is 983 g/mol. The molecule has 1 N–H and O–H groups in total. The molecule has 10 rings (SSSR count). The van der Waals surface area contributed by atoms with Crippen LogP contribution in [0.25, 0.3) is 11.2 Å².